The molecule has 1 rings (SSSR count). The van der Waals surface area contributed by atoms with E-state index in [0.29, 0.717) is 16.1 Å². The molecule has 20 heavy (non-hydrogen) atoms. The summed E-state index contributed by atoms with van der Waals surface area (Å²) in [6.45, 7) is 5.51. The lowest BCUT2D eigenvalue weighted by atomic mass is 10.1. The van der Waals surface area contributed by atoms with Crippen LogP contribution in [0.15, 0.2) is 18.2 Å². The molecule has 0 aromatic heterocycles. The van der Waals surface area contributed by atoms with Gasteiger partial charge in [-0.1, -0.05) is 23.4 Å². The molecule has 1 N–H and O–H groups in total. The van der Waals surface area contributed by atoms with Crippen LogP contribution in [0, 0.1) is 23.2 Å². The summed E-state index contributed by atoms with van der Waals surface area (Å²) in [7, 11) is 0. The molecule has 0 unspecified atom stereocenters. The molecule has 5 heteroatoms. The van der Waals surface area contributed by atoms with Crippen molar-refractivity contribution in [1.29, 1.82) is 5.26 Å². The van der Waals surface area contributed by atoms with Crippen molar-refractivity contribution >= 4 is 17.7 Å². The number of ether oxygens (including phenoxy) is 1. The van der Waals surface area contributed by atoms with Crippen LogP contribution in [0.1, 0.15) is 31.9 Å². The zero-order valence-corrected chi connectivity index (χ0v) is 12.3. The van der Waals surface area contributed by atoms with E-state index in [9.17, 15) is 4.79 Å². The van der Waals surface area contributed by atoms with Gasteiger partial charge in [0, 0.05) is 10.6 Å². The van der Waals surface area contributed by atoms with E-state index in [1.807, 2.05) is 6.07 Å². The molecule has 0 aliphatic heterocycles. The van der Waals surface area contributed by atoms with Gasteiger partial charge in [0.25, 0.3) is 0 Å². The van der Waals surface area contributed by atoms with Crippen LogP contribution in [0.2, 0.25) is 5.02 Å². The number of rotatable bonds is 1. The molecule has 0 saturated carbocycles. The number of carbonyl (C=O) groups is 1. The molecule has 0 saturated heterocycles. The monoisotopic (exact) mass is 290 g/mol. The number of nitrogens with zero attached hydrogens (tertiary/aromatic N) is 1. The molecule has 0 aliphatic carbocycles. The van der Waals surface area contributed by atoms with Gasteiger partial charge in [-0.25, -0.2) is 4.79 Å². The zero-order valence-electron chi connectivity index (χ0n) is 11.6. The average Bonchev–Trinajstić information content (AvgIpc) is 2.32. The van der Waals surface area contributed by atoms with Crippen LogP contribution in [0.3, 0.4) is 0 Å². The van der Waals surface area contributed by atoms with Gasteiger partial charge in [-0.3, -0.25) is 0 Å². The Labute approximate surface area is 123 Å². The molecule has 1 aromatic rings. The maximum Gasteiger partial charge on any atom is 0.408 e. The number of amides is 1. The summed E-state index contributed by atoms with van der Waals surface area (Å²) in [6, 6.07) is 6.85. The number of carbonyl (C=O) groups excluding carboxylic acids is 1. The number of halogens is 1. The number of alkyl carbamates (subject to hydrolysis) is 1. The number of benzene rings is 1. The molecule has 0 radical (unpaired) electrons. The van der Waals surface area contributed by atoms with Gasteiger partial charge < -0.3 is 10.1 Å². The molecule has 0 heterocycles. The first kappa shape index (κ1) is 15.9. The Bertz CT molecular complexity index is 601. The largest absolute Gasteiger partial charge is 0.444 e. The van der Waals surface area contributed by atoms with Crippen molar-refractivity contribution in [2.75, 3.05) is 6.54 Å². The van der Waals surface area contributed by atoms with Gasteiger partial charge in [0.2, 0.25) is 0 Å². The predicted molar refractivity (Wildman–Crippen MR) is 77.3 cm³/mol. The second-order valence-electron chi connectivity index (χ2n) is 5.00. The molecule has 0 fully saturated rings. The van der Waals surface area contributed by atoms with Crippen LogP contribution in [-0.2, 0) is 4.74 Å². The van der Waals surface area contributed by atoms with E-state index in [2.05, 4.69) is 17.2 Å². The second kappa shape index (κ2) is 6.84. The van der Waals surface area contributed by atoms with Gasteiger partial charge in [0.15, 0.2) is 0 Å². The Kier molecular flexibility index (Phi) is 5.43. The van der Waals surface area contributed by atoms with Crippen molar-refractivity contribution < 1.29 is 9.53 Å². The fraction of sp³-hybridized carbons (Fsp3) is 0.333. The minimum Gasteiger partial charge on any atom is -0.444 e. The molecule has 4 nitrogen and oxygen atoms in total. The highest BCUT2D eigenvalue weighted by molar-refractivity contribution is 6.30. The summed E-state index contributed by atoms with van der Waals surface area (Å²) in [5.74, 6) is 5.59. The van der Waals surface area contributed by atoms with Crippen molar-refractivity contribution in [3.05, 3.63) is 34.3 Å². The maximum atomic E-state index is 11.4. The number of hydrogen-bond acceptors (Lipinski definition) is 3. The molecule has 1 amide bonds. The summed E-state index contributed by atoms with van der Waals surface area (Å²) in [4.78, 5) is 11.4. The Hall–Kier alpha value is -2.17. The lowest BCUT2D eigenvalue weighted by Gasteiger charge is -2.18. The highest BCUT2D eigenvalue weighted by Gasteiger charge is 2.14. The van der Waals surface area contributed by atoms with Crippen LogP contribution in [0.25, 0.3) is 0 Å². The molecule has 1 aromatic carbocycles. The normalized spacial score (nSPS) is 9.95. The smallest absolute Gasteiger partial charge is 0.408 e. The van der Waals surface area contributed by atoms with Gasteiger partial charge in [-0.2, -0.15) is 5.26 Å². The van der Waals surface area contributed by atoms with E-state index >= 15 is 0 Å². The fourth-order valence-electron chi connectivity index (χ4n) is 1.30. The highest BCUT2D eigenvalue weighted by atomic mass is 35.5. The summed E-state index contributed by atoms with van der Waals surface area (Å²) in [5.41, 5.74) is 0.536. The van der Waals surface area contributed by atoms with Crippen molar-refractivity contribution in [2.45, 2.75) is 26.4 Å². The summed E-state index contributed by atoms with van der Waals surface area (Å²) in [5, 5.41) is 11.8. The fourth-order valence-corrected chi connectivity index (χ4v) is 1.54. The van der Waals surface area contributed by atoms with Crippen LogP contribution < -0.4 is 5.32 Å². The van der Waals surface area contributed by atoms with Crippen molar-refractivity contribution in [1.82, 2.24) is 5.32 Å². The maximum absolute atomic E-state index is 11.4. The Morgan fingerprint density at radius 2 is 2.00 bits per heavy atom. The van der Waals surface area contributed by atoms with E-state index in [1.165, 1.54) is 0 Å². The average molecular weight is 291 g/mol. The molecule has 0 aliphatic rings. The zero-order chi connectivity index (χ0) is 15.2. The first-order chi connectivity index (χ1) is 9.30. The molecule has 0 spiro atoms. The van der Waals surface area contributed by atoms with E-state index in [4.69, 9.17) is 21.6 Å². The topological polar surface area (TPSA) is 62.1 Å². The van der Waals surface area contributed by atoms with E-state index < -0.39 is 11.7 Å². The third kappa shape index (κ3) is 6.13. The molecule has 0 bridgehead atoms. The van der Waals surface area contributed by atoms with Crippen LogP contribution in [-0.4, -0.2) is 18.2 Å². The van der Waals surface area contributed by atoms with Gasteiger partial charge in [-0.05, 0) is 39.0 Å². The minimum absolute atomic E-state index is 0.156. The molecular formula is C15H15ClN2O2. The minimum atomic E-state index is -0.536. The van der Waals surface area contributed by atoms with Gasteiger partial charge in [0.1, 0.15) is 5.60 Å². The third-order valence-corrected chi connectivity index (χ3v) is 2.20. The predicted octanol–water partition coefficient (Wildman–Crippen LogP) is 3.09. The Balaban J connectivity index is 2.58. The highest BCUT2D eigenvalue weighted by Crippen LogP contribution is 2.13. The molecule has 0 atom stereocenters. The molecular weight excluding hydrogens is 276 g/mol. The van der Waals surface area contributed by atoms with Crippen LogP contribution in [0.4, 0.5) is 4.79 Å². The van der Waals surface area contributed by atoms with E-state index in [0.717, 1.165) is 0 Å². The summed E-state index contributed by atoms with van der Waals surface area (Å²) < 4.78 is 5.06. The number of hydrogen-bond donors (Lipinski definition) is 1. The lowest BCUT2D eigenvalue weighted by molar-refractivity contribution is 0.0535. The van der Waals surface area contributed by atoms with Crippen LogP contribution in [0.5, 0.6) is 0 Å². The quantitative estimate of drug-likeness (QED) is 0.809. The first-order valence-electron chi connectivity index (χ1n) is 5.96. The SMILES string of the molecule is CC(C)(C)OC(=O)NCC#Cc1cc(Cl)cc(C#N)c1. The van der Waals surface area contributed by atoms with Gasteiger partial charge in [-0.15, -0.1) is 0 Å². The Morgan fingerprint density at radius 1 is 1.35 bits per heavy atom. The van der Waals surface area contributed by atoms with Crippen LogP contribution >= 0.6 is 11.6 Å². The van der Waals surface area contributed by atoms with Crippen molar-refractivity contribution in [3.8, 4) is 17.9 Å². The van der Waals surface area contributed by atoms with Gasteiger partial charge >= 0.3 is 6.09 Å². The second-order valence-corrected chi connectivity index (χ2v) is 5.43. The molecule has 104 valence electrons. The van der Waals surface area contributed by atoms with E-state index in [1.54, 1.807) is 39.0 Å². The lowest BCUT2D eigenvalue weighted by Crippen LogP contribution is -2.32. The number of nitrogens with one attached hydrogen (secondary N) is 1. The summed E-state index contributed by atoms with van der Waals surface area (Å²) in [6.07, 6.45) is -0.518. The third-order valence-electron chi connectivity index (χ3n) is 1.98. The van der Waals surface area contributed by atoms with Gasteiger partial charge in [0.05, 0.1) is 18.2 Å². The van der Waals surface area contributed by atoms with Crippen molar-refractivity contribution in [3.63, 3.8) is 0 Å². The van der Waals surface area contributed by atoms with E-state index in [-0.39, 0.29) is 6.54 Å². The van der Waals surface area contributed by atoms with Crippen molar-refractivity contribution in [2.24, 2.45) is 0 Å². The summed E-state index contributed by atoms with van der Waals surface area (Å²) >= 11 is 5.86. The standard InChI is InChI=1S/C15H15ClN2O2/c1-15(2,3)20-14(19)18-6-4-5-11-7-12(10-17)9-13(16)8-11/h7-9H,6H2,1-3H3,(H,18,19). The first-order valence-corrected chi connectivity index (χ1v) is 6.34. The Morgan fingerprint density at radius 3 is 2.60 bits per heavy atom. The number of nitriles is 1.